The van der Waals surface area contributed by atoms with Gasteiger partial charge in [-0.3, -0.25) is 9.36 Å². The maximum absolute atomic E-state index is 16.3. The van der Waals surface area contributed by atoms with E-state index in [1.807, 2.05) is 57.2 Å². The number of carbonyl (C=O) groups excluding carboxylic acids is 1. The van der Waals surface area contributed by atoms with Crippen LogP contribution in [0.4, 0.5) is 10.2 Å². The molecule has 2 aromatic carbocycles. The van der Waals surface area contributed by atoms with E-state index in [1.165, 1.54) is 17.8 Å². The third kappa shape index (κ3) is 7.17. The van der Waals surface area contributed by atoms with E-state index in [4.69, 9.17) is 30.3 Å². The van der Waals surface area contributed by atoms with Gasteiger partial charge in [-0.15, -0.1) is 0 Å². The Kier molecular flexibility index (Phi) is 9.70. The largest absolute Gasteiger partial charge is 0.464 e. The summed E-state index contributed by atoms with van der Waals surface area (Å²) in [6.07, 6.45) is -2.67. The summed E-state index contributed by atoms with van der Waals surface area (Å²) in [6.45, 7) is 6.71. The highest BCUT2D eigenvalue weighted by Crippen LogP contribution is 2.49. The monoisotopic (exact) mass is 674 g/mol. The lowest BCUT2D eigenvalue weighted by molar-refractivity contribution is -0.148. The minimum atomic E-state index is -3.56. The Hall–Kier alpha value is -3.26. The SMILES string of the molecule is CNc1nc(C)nc2c1ncn2[C@@H]1O[C@H](CO[P@@](=S)(N[C@H](C)C(=O)OCC(C)(C)C)Oc2cccc3ccccc23)[C@@H](O)[C@@]1(C)F. The van der Waals surface area contributed by atoms with Gasteiger partial charge < -0.3 is 28.9 Å². The van der Waals surface area contributed by atoms with Gasteiger partial charge in [0.05, 0.1) is 19.5 Å². The molecule has 0 aliphatic carbocycles. The highest BCUT2D eigenvalue weighted by atomic mass is 32.5. The fraction of sp³-hybridized carbons (Fsp3) is 0.484. The Morgan fingerprint density at radius 2 is 1.96 bits per heavy atom. The zero-order valence-corrected chi connectivity index (χ0v) is 28.6. The molecule has 0 amide bonds. The Labute approximate surface area is 272 Å². The molecule has 3 N–H and O–H groups in total. The summed E-state index contributed by atoms with van der Waals surface area (Å²) >= 11 is 5.92. The molecule has 15 heteroatoms. The van der Waals surface area contributed by atoms with Crippen LogP contribution in [0.15, 0.2) is 48.8 Å². The van der Waals surface area contributed by atoms with Gasteiger partial charge >= 0.3 is 12.6 Å². The molecule has 1 saturated heterocycles. The summed E-state index contributed by atoms with van der Waals surface area (Å²) in [4.78, 5) is 26.1. The fourth-order valence-electron chi connectivity index (χ4n) is 5.09. The first-order valence-electron chi connectivity index (χ1n) is 14.9. The number of nitrogens with zero attached hydrogens (tertiary/aromatic N) is 4. The lowest BCUT2D eigenvalue weighted by Gasteiger charge is -2.29. The van der Waals surface area contributed by atoms with Crippen LogP contribution in [0.2, 0.25) is 0 Å². The predicted molar refractivity (Wildman–Crippen MR) is 177 cm³/mol. The number of aliphatic hydroxyl groups is 1. The van der Waals surface area contributed by atoms with E-state index < -0.39 is 42.8 Å². The zero-order chi connectivity index (χ0) is 33.4. The second-order valence-electron chi connectivity index (χ2n) is 12.7. The number of nitrogens with one attached hydrogen (secondary N) is 2. The van der Waals surface area contributed by atoms with Crippen molar-refractivity contribution in [2.24, 2.45) is 5.41 Å². The Bertz CT molecular complexity index is 1780. The average molecular weight is 675 g/mol. The molecule has 0 unspecified atom stereocenters. The molecule has 4 aromatic rings. The molecule has 12 nitrogen and oxygen atoms in total. The van der Waals surface area contributed by atoms with Crippen LogP contribution >= 0.6 is 6.64 Å². The highest BCUT2D eigenvalue weighted by Gasteiger charge is 2.56. The molecule has 0 spiro atoms. The summed E-state index contributed by atoms with van der Waals surface area (Å²) in [5.74, 6) is 0.830. The van der Waals surface area contributed by atoms with Crippen molar-refractivity contribution in [1.82, 2.24) is 24.6 Å². The highest BCUT2D eigenvalue weighted by molar-refractivity contribution is 8.09. The molecular formula is C31H40FN6O6PS. The molecule has 5 rings (SSSR count). The van der Waals surface area contributed by atoms with Gasteiger partial charge in [0.25, 0.3) is 0 Å². The molecule has 3 heterocycles. The number of hydrogen-bond donors (Lipinski definition) is 3. The normalized spacial score (nSPS) is 23.7. The van der Waals surface area contributed by atoms with Gasteiger partial charge in [-0.2, -0.15) is 0 Å². The molecule has 2 aromatic heterocycles. The number of halogens is 1. The number of aliphatic hydroxyl groups excluding tert-OH is 1. The number of rotatable bonds is 11. The summed E-state index contributed by atoms with van der Waals surface area (Å²) in [6, 6.07) is 12.2. The first kappa shape index (κ1) is 34.1. The second kappa shape index (κ2) is 13.1. The number of aryl methyl sites for hydroxylation is 1. The quantitative estimate of drug-likeness (QED) is 0.142. The lowest BCUT2D eigenvalue weighted by Crippen LogP contribution is -2.41. The molecular weight excluding hydrogens is 634 g/mol. The molecule has 1 fully saturated rings. The van der Waals surface area contributed by atoms with Crippen LogP contribution in [-0.4, -0.2) is 74.8 Å². The van der Waals surface area contributed by atoms with Crippen LogP contribution < -0.4 is 14.9 Å². The van der Waals surface area contributed by atoms with Crippen molar-refractivity contribution in [1.29, 1.82) is 0 Å². The number of benzene rings is 2. The Morgan fingerprint density at radius 3 is 2.67 bits per heavy atom. The lowest BCUT2D eigenvalue weighted by atomic mass is 9.98. The van der Waals surface area contributed by atoms with Crippen LogP contribution in [0.3, 0.4) is 0 Å². The number of fused-ring (bicyclic) bond motifs is 2. The number of anilines is 1. The van der Waals surface area contributed by atoms with Crippen LogP contribution in [0.1, 0.15) is 46.7 Å². The van der Waals surface area contributed by atoms with E-state index in [-0.39, 0.29) is 18.6 Å². The zero-order valence-electron chi connectivity index (χ0n) is 26.9. The molecule has 6 atom stereocenters. The molecule has 248 valence electrons. The number of aromatic nitrogens is 4. The first-order valence-corrected chi connectivity index (χ1v) is 17.5. The predicted octanol–water partition coefficient (Wildman–Crippen LogP) is 5.20. The number of imidazole rings is 1. The summed E-state index contributed by atoms with van der Waals surface area (Å²) < 4.78 is 41.8. The van der Waals surface area contributed by atoms with Crippen molar-refractivity contribution in [2.75, 3.05) is 25.6 Å². The van der Waals surface area contributed by atoms with E-state index in [2.05, 4.69) is 25.4 Å². The van der Waals surface area contributed by atoms with Crippen LogP contribution in [0, 0.1) is 12.3 Å². The number of carbonyl (C=O) groups is 1. The molecule has 1 aliphatic rings. The van der Waals surface area contributed by atoms with Crippen LogP contribution in [0.25, 0.3) is 21.9 Å². The van der Waals surface area contributed by atoms with Gasteiger partial charge in [-0.1, -0.05) is 57.2 Å². The van der Waals surface area contributed by atoms with Crippen molar-refractivity contribution in [3.8, 4) is 5.75 Å². The molecule has 1 aliphatic heterocycles. The van der Waals surface area contributed by atoms with Crippen molar-refractivity contribution >= 4 is 52.2 Å². The maximum atomic E-state index is 16.3. The number of hydrogen-bond acceptors (Lipinski definition) is 11. The van der Waals surface area contributed by atoms with Gasteiger partial charge in [-0.05, 0) is 49.4 Å². The van der Waals surface area contributed by atoms with Gasteiger partial charge in [0.15, 0.2) is 28.9 Å². The number of esters is 1. The summed E-state index contributed by atoms with van der Waals surface area (Å²) in [5.41, 5.74) is -1.74. The number of ether oxygens (including phenoxy) is 2. The summed E-state index contributed by atoms with van der Waals surface area (Å²) in [5, 5.41) is 18.8. The van der Waals surface area contributed by atoms with E-state index in [9.17, 15) is 9.90 Å². The minimum Gasteiger partial charge on any atom is -0.464 e. The minimum absolute atomic E-state index is 0.202. The van der Waals surface area contributed by atoms with E-state index in [0.29, 0.717) is 28.6 Å². The van der Waals surface area contributed by atoms with Gasteiger partial charge in [0.2, 0.25) is 0 Å². The molecule has 46 heavy (non-hydrogen) atoms. The Balaban J connectivity index is 1.40. The molecule has 0 bridgehead atoms. The molecule has 0 saturated carbocycles. The van der Waals surface area contributed by atoms with Gasteiger partial charge in [-0.25, -0.2) is 24.4 Å². The second-order valence-corrected chi connectivity index (χ2v) is 15.8. The van der Waals surface area contributed by atoms with Gasteiger partial charge in [0, 0.05) is 12.4 Å². The standard InChI is InChI=1S/C31H40FN6O6PS/c1-18(28(40)41-16-30(3,4)5)37-45(46,44-22-14-10-12-20-11-8-9-13-21(20)22)42-15-23-25(39)31(6,32)29(43-23)38-17-34-24-26(33-7)35-19(2)36-27(24)38/h8-14,17-18,23,25,29,39H,15-16H2,1-7H3,(H,37,46)(H,33,35,36)/t18-,23-,25-,29-,31-,45+/m1/s1. The first-order chi connectivity index (χ1) is 21.6. The van der Waals surface area contributed by atoms with Crippen LogP contribution in [0.5, 0.6) is 5.75 Å². The topological polar surface area (TPSA) is 142 Å². The van der Waals surface area contributed by atoms with E-state index in [0.717, 1.165) is 10.8 Å². The maximum Gasteiger partial charge on any atom is 0.323 e. The third-order valence-electron chi connectivity index (χ3n) is 7.47. The smallest absolute Gasteiger partial charge is 0.323 e. The fourth-order valence-corrected chi connectivity index (χ4v) is 7.51. The van der Waals surface area contributed by atoms with Crippen molar-refractivity contribution < 1.29 is 32.8 Å². The van der Waals surface area contributed by atoms with Crippen LogP contribution in [-0.2, 0) is 30.6 Å². The van der Waals surface area contributed by atoms with Crippen molar-refractivity contribution in [3.05, 3.63) is 54.6 Å². The van der Waals surface area contributed by atoms with Gasteiger partial charge in [0.1, 0.15) is 29.8 Å². The Morgan fingerprint density at radius 1 is 1.24 bits per heavy atom. The van der Waals surface area contributed by atoms with E-state index in [1.54, 1.807) is 27.0 Å². The van der Waals surface area contributed by atoms with Crippen molar-refractivity contribution in [2.45, 2.75) is 71.7 Å². The number of alkyl halides is 1. The van der Waals surface area contributed by atoms with E-state index >= 15 is 4.39 Å². The summed E-state index contributed by atoms with van der Waals surface area (Å²) in [7, 11) is 1.70. The van der Waals surface area contributed by atoms with Crippen molar-refractivity contribution in [3.63, 3.8) is 0 Å². The third-order valence-corrected chi connectivity index (χ3v) is 9.96. The average Bonchev–Trinajstić information content (AvgIpc) is 3.51. The molecule has 0 radical (unpaired) electrons.